The molecule has 2 aromatic carbocycles. The largest absolute Gasteiger partial charge is 0.359 e. The molecule has 0 atom stereocenters. The average molecular weight is 538 g/mol. The molecule has 2 heterocycles. The lowest BCUT2D eigenvalue weighted by Crippen LogP contribution is -2.47. The Hall–Kier alpha value is -3.90. The van der Waals surface area contributed by atoms with Gasteiger partial charge in [0.25, 0.3) is 0 Å². The molecule has 0 saturated carbocycles. The monoisotopic (exact) mass is 537 g/mol. The molecule has 1 amide bonds. The second-order valence-corrected chi connectivity index (χ2v) is 11.0. The number of anilines is 3. The summed E-state index contributed by atoms with van der Waals surface area (Å²) in [6.07, 6.45) is 11.4. The van der Waals surface area contributed by atoms with Crippen molar-refractivity contribution in [2.24, 2.45) is 10.9 Å². The van der Waals surface area contributed by atoms with Crippen molar-refractivity contribution >= 4 is 29.2 Å². The summed E-state index contributed by atoms with van der Waals surface area (Å²) in [5, 5.41) is 6.99. The van der Waals surface area contributed by atoms with Crippen molar-refractivity contribution in [3.05, 3.63) is 102 Å². The summed E-state index contributed by atoms with van der Waals surface area (Å²) in [4.78, 5) is 22.0. The van der Waals surface area contributed by atoms with Crippen molar-refractivity contribution in [3.63, 3.8) is 0 Å². The van der Waals surface area contributed by atoms with Crippen LogP contribution >= 0.6 is 0 Å². The molecule has 6 nitrogen and oxygen atoms in total. The van der Waals surface area contributed by atoms with E-state index < -0.39 is 0 Å². The van der Waals surface area contributed by atoms with Gasteiger partial charge < -0.3 is 20.4 Å². The number of aliphatic imine (C=N–C) groups is 1. The van der Waals surface area contributed by atoms with E-state index in [4.69, 9.17) is 0 Å². The third-order valence-corrected chi connectivity index (χ3v) is 7.06. The Balaban J connectivity index is 1.49. The molecule has 2 aliphatic rings. The number of nitrogens with one attached hydrogen (secondary N) is 2. The normalized spacial score (nSPS) is 14.7. The minimum Gasteiger partial charge on any atom is -0.359 e. The lowest BCUT2D eigenvalue weighted by atomic mass is 10.1. The number of aryl methyl sites for hydroxylation is 1. The highest BCUT2D eigenvalue weighted by atomic mass is 16.2. The second-order valence-electron chi connectivity index (χ2n) is 11.0. The molecule has 0 spiro atoms. The molecular weight excluding hydrogens is 494 g/mol. The maximum atomic E-state index is 13.5. The molecule has 4 rings (SSSR count). The molecule has 2 aromatic rings. The van der Waals surface area contributed by atoms with E-state index in [9.17, 15) is 4.79 Å². The van der Waals surface area contributed by atoms with Crippen molar-refractivity contribution in [1.29, 1.82) is 0 Å². The number of carbonyl (C=O) groups excluding carboxylic acids is 1. The number of allylic oxidation sites excluding steroid dienone is 4. The third-order valence-electron chi connectivity index (χ3n) is 7.06. The van der Waals surface area contributed by atoms with Gasteiger partial charge in [0.05, 0.1) is 11.4 Å². The van der Waals surface area contributed by atoms with Gasteiger partial charge in [-0.3, -0.25) is 9.79 Å². The third kappa shape index (κ3) is 8.06. The molecule has 0 aliphatic carbocycles. The lowest BCUT2D eigenvalue weighted by Gasteiger charge is -2.38. The Labute approximate surface area is 239 Å². The molecule has 0 bridgehead atoms. The minimum atomic E-state index is 0.0620. The number of amides is 1. The first-order valence-electron chi connectivity index (χ1n) is 14.3. The van der Waals surface area contributed by atoms with Crippen LogP contribution in [0.4, 0.5) is 17.1 Å². The number of rotatable bonds is 13. The summed E-state index contributed by atoms with van der Waals surface area (Å²) in [7, 11) is 0. The van der Waals surface area contributed by atoms with Crippen LogP contribution < -0.4 is 20.4 Å². The van der Waals surface area contributed by atoms with E-state index in [0.29, 0.717) is 25.4 Å². The van der Waals surface area contributed by atoms with Crippen LogP contribution in [0.25, 0.3) is 0 Å². The Kier molecular flexibility index (Phi) is 10.1. The zero-order valence-corrected chi connectivity index (χ0v) is 24.2. The Morgan fingerprint density at radius 1 is 1.07 bits per heavy atom. The fraction of sp³-hybridized carbons (Fsp3) is 0.353. The van der Waals surface area contributed by atoms with E-state index in [0.717, 1.165) is 60.0 Å². The maximum Gasteiger partial charge on any atom is 0.247 e. The Morgan fingerprint density at radius 3 is 2.65 bits per heavy atom. The molecule has 6 heteroatoms. The Morgan fingerprint density at radius 2 is 1.88 bits per heavy atom. The first-order valence-corrected chi connectivity index (χ1v) is 14.3. The summed E-state index contributed by atoms with van der Waals surface area (Å²) >= 11 is 0. The summed E-state index contributed by atoms with van der Waals surface area (Å²) in [5.41, 5.74) is 8.24. The zero-order valence-electron chi connectivity index (χ0n) is 24.2. The van der Waals surface area contributed by atoms with E-state index in [1.807, 2.05) is 35.4 Å². The van der Waals surface area contributed by atoms with Gasteiger partial charge in [0.1, 0.15) is 6.54 Å². The minimum absolute atomic E-state index is 0.0620. The summed E-state index contributed by atoms with van der Waals surface area (Å²) in [5.74, 6) is 0.579. The maximum absolute atomic E-state index is 13.5. The summed E-state index contributed by atoms with van der Waals surface area (Å²) in [6, 6.07) is 14.8. The van der Waals surface area contributed by atoms with Gasteiger partial charge in [0.15, 0.2) is 0 Å². The molecule has 2 N–H and O–H groups in total. The highest BCUT2D eigenvalue weighted by Crippen LogP contribution is 2.38. The van der Waals surface area contributed by atoms with Gasteiger partial charge in [-0.05, 0) is 62.1 Å². The fourth-order valence-electron chi connectivity index (χ4n) is 4.98. The molecule has 40 heavy (non-hydrogen) atoms. The van der Waals surface area contributed by atoms with E-state index in [1.165, 1.54) is 11.1 Å². The van der Waals surface area contributed by atoms with Gasteiger partial charge in [-0.2, -0.15) is 0 Å². The first kappa shape index (κ1) is 29.1. The number of nitrogens with zero attached hydrogens (tertiary/aromatic N) is 3. The van der Waals surface area contributed by atoms with Crippen molar-refractivity contribution < 1.29 is 4.79 Å². The standard InChI is InChI=1S/C34H43N5O/c1-25(2)21-27(4)37-31-14-15-32-33(22-31)39(28(5)23-35-19-16-29-12-10-26(3)11-13-29)24-34(40)38(32)20-17-30-9-7-6-8-18-36-30/h6-7,9-15,18,22,25,35,37H,4-5,8,16-17,19-21,23-24H2,1-3H3. The molecule has 0 unspecified atom stereocenters. The van der Waals surface area contributed by atoms with Crippen molar-refractivity contribution in [2.45, 2.75) is 46.5 Å². The second kappa shape index (κ2) is 13.9. The molecule has 0 saturated heterocycles. The molecule has 2 aliphatic heterocycles. The molecule has 210 valence electrons. The summed E-state index contributed by atoms with van der Waals surface area (Å²) < 4.78 is 0. The number of benzene rings is 2. The molecule has 0 aromatic heterocycles. The highest BCUT2D eigenvalue weighted by Gasteiger charge is 2.30. The lowest BCUT2D eigenvalue weighted by molar-refractivity contribution is -0.117. The average Bonchev–Trinajstić information content (AvgIpc) is 3.19. The van der Waals surface area contributed by atoms with E-state index in [-0.39, 0.29) is 12.5 Å². The van der Waals surface area contributed by atoms with Crippen LogP contribution in [-0.2, 0) is 11.2 Å². The quantitative estimate of drug-likeness (QED) is 0.277. The van der Waals surface area contributed by atoms with Crippen LogP contribution in [0.3, 0.4) is 0 Å². The molecule has 0 radical (unpaired) electrons. The smallest absolute Gasteiger partial charge is 0.247 e. The van der Waals surface area contributed by atoms with Crippen LogP contribution in [0.15, 0.2) is 95.9 Å². The Bertz CT molecular complexity index is 1300. The predicted molar refractivity (Wildman–Crippen MR) is 170 cm³/mol. The van der Waals surface area contributed by atoms with Crippen molar-refractivity contribution in [1.82, 2.24) is 5.32 Å². The van der Waals surface area contributed by atoms with Gasteiger partial charge in [0.2, 0.25) is 5.91 Å². The van der Waals surface area contributed by atoms with E-state index in [1.54, 1.807) is 0 Å². The van der Waals surface area contributed by atoms with Crippen LogP contribution in [0.2, 0.25) is 0 Å². The van der Waals surface area contributed by atoms with Gasteiger partial charge in [-0.25, -0.2) is 0 Å². The molecule has 0 fully saturated rings. The van der Waals surface area contributed by atoms with E-state index in [2.05, 4.69) is 90.9 Å². The van der Waals surface area contributed by atoms with Gasteiger partial charge in [-0.15, -0.1) is 0 Å². The van der Waals surface area contributed by atoms with Crippen LogP contribution in [0.5, 0.6) is 0 Å². The van der Waals surface area contributed by atoms with Crippen LogP contribution in [0.1, 0.15) is 44.2 Å². The fourth-order valence-corrected chi connectivity index (χ4v) is 4.98. The van der Waals surface area contributed by atoms with Gasteiger partial charge >= 0.3 is 0 Å². The number of carbonyl (C=O) groups is 1. The first-order chi connectivity index (χ1) is 19.3. The zero-order chi connectivity index (χ0) is 28.5. The number of hydrogen-bond donors (Lipinski definition) is 2. The number of fused-ring (bicyclic) bond motifs is 1. The van der Waals surface area contributed by atoms with Crippen molar-refractivity contribution in [2.75, 3.05) is 41.3 Å². The summed E-state index contributed by atoms with van der Waals surface area (Å²) in [6.45, 7) is 17.3. The van der Waals surface area contributed by atoms with Crippen LogP contribution in [0, 0.1) is 12.8 Å². The SMILES string of the molecule is C=C(CC(C)C)Nc1ccc2c(c1)N(C(=C)CNCCc1ccc(C)cc1)CC(=O)N2CCC1=CC=CCC=N1. The van der Waals surface area contributed by atoms with Gasteiger partial charge in [-0.1, -0.05) is 69.0 Å². The highest BCUT2D eigenvalue weighted by molar-refractivity contribution is 6.04. The number of hydrogen-bond acceptors (Lipinski definition) is 5. The van der Waals surface area contributed by atoms with Gasteiger partial charge in [0, 0.05) is 54.9 Å². The molecular formula is C34H43N5O. The van der Waals surface area contributed by atoms with Crippen LogP contribution in [-0.4, -0.2) is 38.3 Å². The van der Waals surface area contributed by atoms with Crippen molar-refractivity contribution in [3.8, 4) is 0 Å². The topological polar surface area (TPSA) is 60.0 Å². The van der Waals surface area contributed by atoms with E-state index >= 15 is 0 Å². The predicted octanol–water partition coefficient (Wildman–Crippen LogP) is 6.77.